The second-order valence-corrected chi connectivity index (χ2v) is 8.46. The molecule has 7 heteroatoms. The largest absolute Gasteiger partial charge is 0.456 e. The molecule has 0 unspecified atom stereocenters. The van der Waals surface area contributed by atoms with Crippen LogP contribution in [0.15, 0.2) is 42.6 Å². The van der Waals surface area contributed by atoms with Gasteiger partial charge < -0.3 is 15.0 Å². The standard InChI is InChI=1S/C23H25N3O3S/c1-2-3-10-25-21(27)14-16-5-7-17(8-6-16)29-19-9-11-24-18-15-20(30-22(18)19)23(28)26-12-4-13-26/h5-9,11,15H,2-4,10,12-14H2,1H3,(H,25,27). The molecule has 6 nitrogen and oxygen atoms in total. The van der Waals surface area contributed by atoms with E-state index in [1.165, 1.54) is 11.3 Å². The minimum absolute atomic E-state index is 0.0333. The molecule has 156 valence electrons. The summed E-state index contributed by atoms with van der Waals surface area (Å²) in [6, 6.07) is 11.2. The highest BCUT2D eigenvalue weighted by Gasteiger charge is 2.24. The quantitative estimate of drug-likeness (QED) is 0.546. The van der Waals surface area contributed by atoms with Crippen LogP contribution in [0.5, 0.6) is 11.5 Å². The average molecular weight is 424 g/mol. The van der Waals surface area contributed by atoms with E-state index in [-0.39, 0.29) is 11.8 Å². The molecule has 1 saturated heterocycles. The van der Waals surface area contributed by atoms with Crippen molar-refractivity contribution < 1.29 is 14.3 Å². The zero-order valence-electron chi connectivity index (χ0n) is 17.0. The number of ether oxygens (including phenoxy) is 1. The summed E-state index contributed by atoms with van der Waals surface area (Å²) in [6.45, 7) is 4.47. The molecule has 2 amide bonds. The van der Waals surface area contributed by atoms with Crippen molar-refractivity contribution >= 4 is 33.4 Å². The van der Waals surface area contributed by atoms with E-state index in [1.54, 1.807) is 6.20 Å². The number of benzene rings is 1. The second-order valence-electron chi connectivity index (χ2n) is 7.41. The minimum atomic E-state index is 0.0333. The molecule has 3 aromatic rings. The van der Waals surface area contributed by atoms with Gasteiger partial charge in [-0.15, -0.1) is 11.3 Å². The molecule has 1 fully saturated rings. The number of nitrogens with zero attached hydrogens (tertiary/aromatic N) is 2. The van der Waals surface area contributed by atoms with Crippen molar-refractivity contribution in [3.05, 3.63) is 53.0 Å². The van der Waals surface area contributed by atoms with E-state index in [2.05, 4.69) is 17.2 Å². The molecule has 3 heterocycles. The molecule has 1 aromatic carbocycles. The van der Waals surface area contributed by atoms with E-state index in [4.69, 9.17) is 4.74 Å². The maximum absolute atomic E-state index is 12.5. The van der Waals surface area contributed by atoms with Crippen LogP contribution >= 0.6 is 11.3 Å². The third-order valence-electron chi connectivity index (χ3n) is 5.10. The van der Waals surface area contributed by atoms with Gasteiger partial charge >= 0.3 is 0 Å². The number of hydrogen-bond donors (Lipinski definition) is 1. The van der Waals surface area contributed by atoms with Crippen LogP contribution in [0.4, 0.5) is 0 Å². The van der Waals surface area contributed by atoms with Crippen molar-refractivity contribution in [2.75, 3.05) is 19.6 Å². The predicted molar refractivity (Wildman–Crippen MR) is 118 cm³/mol. The van der Waals surface area contributed by atoms with Crippen LogP contribution in [0.25, 0.3) is 10.2 Å². The van der Waals surface area contributed by atoms with Crippen molar-refractivity contribution in [2.45, 2.75) is 32.6 Å². The van der Waals surface area contributed by atoms with Crippen molar-refractivity contribution in [1.82, 2.24) is 15.2 Å². The fourth-order valence-corrected chi connectivity index (χ4v) is 4.26. The monoisotopic (exact) mass is 423 g/mol. The summed E-state index contributed by atoms with van der Waals surface area (Å²) in [4.78, 5) is 31.4. The van der Waals surface area contributed by atoms with Crippen LogP contribution in [0.1, 0.15) is 41.4 Å². The molecule has 1 aliphatic heterocycles. The molecular formula is C23H25N3O3S. The lowest BCUT2D eigenvalue weighted by atomic mass is 10.1. The molecule has 4 rings (SSSR count). The number of thiophene rings is 1. The van der Waals surface area contributed by atoms with Gasteiger partial charge in [0.2, 0.25) is 5.91 Å². The Kier molecular flexibility index (Phi) is 6.28. The zero-order chi connectivity index (χ0) is 20.9. The maximum atomic E-state index is 12.5. The number of hydrogen-bond acceptors (Lipinski definition) is 5. The summed E-state index contributed by atoms with van der Waals surface area (Å²) < 4.78 is 6.93. The molecule has 1 N–H and O–H groups in total. The first-order valence-corrected chi connectivity index (χ1v) is 11.2. The average Bonchev–Trinajstić information content (AvgIpc) is 3.14. The Labute approximate surface area is 179 Å². The third-order valence-corrected chi connectivity index (χ3v) is 6.23. The van der Waals surface area contributed by atoms with Crippen LogP contribution in [0, 0.1) is 0 Å². The van der Waals surface area contributed by atoms with Gasteiger partial charge in [-0.05, 0) is 36.6 Å². The van der Waals surface area contributed by atoms with E-state index in [9.17, 15) is 9.59 Å². The molecule has 1 aliphatic rings. The van der Waals surface area contributed by atoms with Gasteiger partial charge in [0.1, 0.15) is 11.5 Å². The van der Waals surface area contributed by atoms with E-state index < -0.39 is 0 Å². The SMILES string of the molecule is CCCCNC(=O)Cc1ccc(Oc2ccnc3cc(C(=O)N4CCC4)sc23)cc1. The maximum Gasteiger partial charge on any atom is 0.264 e. The van der Waals surface area contributed by atoms with Gasteiger partial charge in [-0.25, -0.2) is 0 Å². The Morgan fingerprint density at radius 2 is 2.00 bits per heavy atom. The number of likely N-dealkylation sites (tertiary alicyclic amines) is 1. The molecule has 0 atom stereocenters. The smallest absolute Gasteiger partial charge is 0.264 e. The van der Waals surface area contributed by atoms with Crippen molar-refractivity contribution in [2.24, 2.45) is 0 Å². The van der Waals surface area contributed by atoms with Gasteiger partial charge in [0.25, 0.3) is 5.91 Å². The van der Waals surface area contributed by atoms with Crippen LogP contribution in [-0.4, -0.2) is 41.3 Å². The molecule has 0 aliphatic carbocycles. The van der Waals surface area contributed by atoms with Gasteiger partial charge in [0.15, 0.2) is 0 Å². The zero-order valence-corrected chi connectivity index (χ0v) is 17.8. The molecule has 0 radical (unpaired) electrons. The van der Waals surface area contributed by atoms with Crippen LogP contribution in [0.3, 0.4) is 0 Å². The van der Waals surface area contributed by atoms with E-state index in [0.29, 0.717) is 22.8 Å². The molecule has 0 spiro atoms. The Morgan fingerprint density at radius 3 is 2.70 bits per heavy atom. The number of aromatic nitrogens is 1. The number of nitrogens with one attached hydrogen (secondary N) is 1. The Hall–Kier alpha value is -2.93. The summed E-state index contributed by atoms with van der Waals surface area (Å²) in [6.07, 6.45) is 5.17. The summed E-state index contributed by atoms with van der Waals surface area (Å²) in [5.41, 5.74) is 1.71. The third kappa shape index (κ3) is 4.62. The van der Waals surface area contributed by atoms with Crippen molar-refractivity contribution in [3.63, 3.8) is 0 Å². The van der Waals surface area contributed by atoms with E-state index in [1.807, 2.05) is 41.3 Å². The van der Waals surface area contributed by atoms with Gasteiger partial charge in [0, 0.05) is 31.9 Å². The Morgan fingerprint density at radius 1 is 1.20 bits per heavy atom. The fourth-order valence-electron chi connectivity index (χ4n) is 3.23. The lowest BCUT2D eigenvalue weighted by molar-refractivity contribution is -0.120. The second kappa shape index (κ2) is 9.26. The van der Waals surface area contributed by atoms with E-state index >= 15 is 0 Å². The highest BCUT2D eigenvalue weighted by Crippen LogP contribution is 2.35. The van der Waals surface area contributed by atoms with Gasteiger partial charge in [-0.3, -0.25) is 14.6 Å². The van der Waals surface area contributed by atoms with E-state index in [0.717, 1.165) is 54.7 Å². The number of amides is 2. The number of pyridine rings is 1. The first kappa shape index (κ1) is 20.3. The number of carbonyl (C=O) groups excluding carboxylic acids is 2. The number of rotatable bonds is 8. The molecule has 0 bridgehead atoms. The summed E-state index contributed by atoms with van der Waals surface area (Å²) in [7, 11) is 0. The highest BCUT2D eigenvalue weighted by atomic mass is 32.1. The summed E-state index contributed by atoms with van der Waals surface area (Å²) in [5.74, 6) is 1.46. The molecule has 30 heavy (non-hydrogen) atoms. The Bertz CT molecular complexity index is 1040. The molecular weight excluding hydrogens is 398 g/mol. The number of carbonyl (C=O) groups is 2. The normalized spacial score (nSPS) is 13.2. The number of unbranched alkanes of at least 4 members (excludes halogenated alkanes) is 1. The highest BCUT2D eigenvalue weighted by molar-refractivity contribution is 7.21. The lowest BCUT2D eigenvalue weighted by Gasteiger charge is -2.30. The number of fused-ring (bicyclic) bond motifs is 1. The van der Waals surface area contributed by atoms with Gasteiger partial charge in [0.05, 0.1) is 21.5 Å². The van der Waals surface area contributed by atoms with Crippen molar-refractivity contribution in [1.29, 1.82) is 0 Å². The van der Waals surface area contributed by atoms with Gasteiger partial charge in [-0.1, -0.05) is 25.5 Å². The summed E-state index contributed by atoms with van der Waals surface area (Å²) >= 11 is 1.42. The minimum Gasteiger partial charge on any atom is -0.456 e. The molecule has 0 saturated carbocycles. The van der Waals surface area contributed by atoms with Crippen LogP contribution in [-0.2, 0) is 11.2 Å². The first-order chi connectivity index (χ1) is 14.6. The summed E-state index contributed by atoms with van der Waals surface area (Å²) in [5, 5.41) is 2.93. The predicted octanol–water partition coefficient (Wildman–Crippen LogP) is 4.39. The Balaban J connectivity index is 1.44. The van der Waals surface area contributed by atoms with Crippen molar-refractivity contribution in [3.8, 4) is 11.5 Å². The van der Waals surface area contributed by atoms with Crippen LogP contribution in [0.2, 0.25) is 0 Å². The first-order valence-electron chi connectivity index (χ1n) is 10.4. The van der Waals surface area contributed by atoms with Crippen LogP contribution < -0.4 is 10.1 Å². The fraction of sp³-hybridized carbons (Fsp3) is 0.348. The molecule has 2 aromatic heterocycles. The topological polar surface area (TPSA) is 71.5 Å². The lowest BCUT2D eigenvalue weighted by Crippen LogP contribution is -2.41. The van der Waals surface area contributed by atoms with Gasteiger partial charge in [-0.2, -0.15) is 0 Å².